The third kappa shape index (κ3) is 6.47. The Bertz CT molecular complexity index is 786. The Balaban J connectivity index is 1.97. The number of halogens is 3. The number of rotatable bonds is 6. The first-order chi connectivity index (χ1) is 12.0. The van der Waals surface area contributed by atoms with Crippen LogP contribution in [-0.2, 0) is 6.61 Å². The maximum atomic E-state index is 6.15. The first-order valence-electron chi connectivity index (χ1n) is 7.42. The van der Waals surface area contributed by atoms with Crippen molar-refractivity contribution in [2.75, 3.05) is 6.54 Å². The van der Waals surface area contributed by atoms with Gasteiger partial charge in [0.05, 0.1) is 10.7 Å². The molecule has 8 heteroatoms. The summed E-state index contributed by atoms with van der Waals surface area (Å²) < 4.78 is 6.62. The van der Waals surface area contributed by atoms with E-state index in [-0.39, 0.29) is 0 Å². The van der Waals surface area contributed by atoms with Crippen molar-refractivity contribution in [2.45, 2.75) is 13.5 Å². The Morgan fingerprint density at radius 3 is 2.76 bits per heavy atom. The van der Waals surface area contributed by atoms with Crippen LogP contribution in [0.2, 0.25) is 10.0 Å². The number of benzene rings is 2. The fourth-order valence-electron chi connectivity index (χ4n) is 1.87. The molecule has 4 nitrogen and oxygen atoms in total. The van der Waals surface area contributed by atoms with Crippen LogP contribution in [0.3, 0.4) is 0 Å². The molecule has 2 N–H and O–H groups in total. The molecule has 0 amide bonds. The lowest BCUT2D eigenvalue weighted by molar-refractivity contribution is 0.304. The van der Waals surface area contributed by atoms with Gasteiger partial charge in [0.2, 0.25) is 0 Å². The lowest BCUT2D eigenvalue weighted by Gasteiger charge is -2.10. The molecule has 0 radical (unpaired) electrons. The van der Waals surface area contributed by atoms with Crippen LogP contribution >= 0.6 is 51.3 Å². The number of hydrogen-bond donors (Lipinski definition) is 2. The van der Waals surface area contributed by atoms with E-state index >= 15 is 0 Å². The SMILES string of the molecule is CCNC(=S)N/N=C\c1ccc(OCc2ccc(Cl)cc2Cl)c(Br)c1. The molecule has 0 saturated carbocycles. The van der Waals surface area contributed by atoms with Crippen molar-refractivity contribution >= 4 is 62.7 Å². The van der Waals surface area contributed by atoms with E-state index in [1.54, 1.807) is 18.3 Å². The van der Waals surface area contributed by atoms with Crippen LogP contribution in [0.1, 0.15) is 18.1 Å². The molecule has 0 atom stereocenters. The number of nitrogens with one attached hydrogen (secondary N) is 2. The van der Waals surface area contributed by atoms with Crippen LogP contribution < -0.4 is 15.5 Å². The summed E-state index contributed by atoms with van der Waals surface area (Å²) in [5.74, 6) is 0.708. The predicted molar refractivity (Wildman–Crippen MR) is 112 cm³/mol. The minimum atomic E-state index is 0.348. The largest absolute Gasteiger partial charge is 0.488 e. The zero-order chi connectivity index (χ0) is 18.2. The number of nitrogens with zero attached hydrogens (tertiary/aromatic N) is 1. The molecule has 2 aromatic carbocycles. The first-order valence-corrected chi connectivity index (χ1v) is 9.38. The zero-order valence-corrected chi connectivity index (χ0v) is 17.3. The second kappa shape index (κ2) is 9.97. The van der Waals surface area contributed by atoms with Gasteiger partial charge in [-0.1, -0.05) is 29.3 Å². The van der Waals surface area contributed by atoms with Gasteiger partial charge in [0.1, 0.15) is 12.4 Å². The molecule has 132 valence electrons. The summed E-state index contributed by atoms with van der Waals surface area (Å²) in [6.45, 7) is 3.06. The van der Waals surface area contributed by atoms with Crippen molar-refractivity contribution < 1.29 is 4.74 Å². The van der Waals surface area contributed by atoms with Gasteiger partial charge < -0.3 is 10.1 Å². The van der Waals surface area contributed by atoms with Crippen LogP contribution in [0.25, 0.3) is 0 Å². The quantitative estimate of drug-likeness (QED) is 0.355. The molecule has 0 saturated heterocycles. The fourth-order valence-corrected chi connectivity index (χ4v) is 3.05. The minimum absolute atomic E-state index is 0.348. The number of thiocarbonyl (C=S) groups is 1. The summed E-state index contributed by atoms with van der Waals surface area (Å²) in [4.78, 5) is 0. The predicted octanol–water partition coefficient (Wildman–Crippen LogP) is 5.15. The van der Waals surface area contributed by atoms with Gasteiger partial charge in [-0.25, -0.2) is 0 Å². The van der Waals surface area contributed by atoms with Crippen molar-refractivity contribution in [3.05, 3.63) is 62.0 Å². The molecule has 0 bridgehead atoms. The Hall–Kier alpha value is -1.34. The van der Waals surface area contributed by atoms with Crippen LogP contribution in [0, 0.1) is 0 Å². The molecule has 2 rings (SSSR count). The average Bonchev–Trinajstić information content (AvgIpc) is 2.56. The second-order valence-corrected chi connectivity index (χ2v) is 7.05. The second-order valence-electron chi connectivity index (χ2n) is 4.94. The third-order valence-corrected chi connectivity index (χ3v) is 4.51. The summed E-state index contributed by atoms with van der Waals surface area (Å²) in [7, 11) is 0. The molecule has 0 unspecified atom stereocenters. The molecule has 2 aromatic rings. The normalized spacial score (nSPS) is 10.7. The maximum absolute atomic E-state index is 6.15. The molecule has 0 aliphatic rings. The summed E-state index contributed by atoms with van der Waals surface area (Å²) in [6.07, 6.45) is 1.67. The van der Waals surface area contributed by atoms with Crippen molar-refractivity contribution in [3.63, 3.8) is 0 Å². The third-order valence-electron chi connectivity index (χ3n) is 3.07. The van der Waals surface area contributed by atoms with E-state index in [2.05, 4.69) is 31.8 Å². The Morgan fingerprint density at radius 2 is 2.08 bits per heavy atom. The highest BCUT2D eigenvalue weighted by molar-refractivity contribution is 9.10. The summed E-state index contributed by atoms with van der Waals surface area (Å²) in [5.41, 5.74) is 4.51. The summed E-state index contributed by atoms with van der Waals surface area (Å²) >= 11 is 20.6. The molecule has 0 heterocycles. The average molecular weight is 461 g/mol. The molecule has 0 fully saturated rings. The van der Waals surface area contributed by atoms with E-state index < -0.39 is 0 Å². The topological polar surface area (TPSA) is 45.7 Å². The highest BCUT2D eigenvalue weighted by Gasteiger charge is 2.06. The van der Waals surface area contributed by atoms with Crippen molar-refractivity contribution in [1.29, 1.82) is 0 Å². The van der Waals surface area contributed by atoms with E-state index in [0.29, 0.717) is 27.5 Å². The number of hydrogen-bond acceptors (Lipinski definition) is 3. The van der Waals surface area contributed by atoms with E-state index in [9.17, 15) is 0 Å². The molecular weight excluding hydrogens is 445 g/mol. The van der Waals surface area contributed by atoms with Gasteiger partial charge in [-0.05, 0) is 71.0 Å². The molecule has 0 aliphatic carbocycles. The van der Waals surface area contributed by atoms with Gasteiger partial charge >= 0.3 is 0 Å². The van der Waals surface area contributed by atoms with E-state index in [1.165, 1.54) is 0 Å². The van der Waals surface area contributed by atoms with Crippen LogP contribution in [0.5, 0.6) is 5.75 Å². The Morgan fingerprint density at radius 1 is 1.28 bits per heavy atom. The smallest absolute Gasteiger partial charge is 0.186 e. The lowest BCUT2D eigenvalue weighted by atomic mass is 10.2. The Kier molecular flexibility index (Phi) is 7.96. The van der Waals surface area contributed by atoms with Crippen molar-refractivity contribution in [1.82, 2.24) is 10.7 Å². The Labute approximate surface area is 170 Å². The number of ether oxygens (including phenoxy) is 1. The molecule has 0 aromatic heterocycles. The van der Waals surface area contributed by atoms with Crippen LogP contribution in [0.4, 0.5) is 0 Å². The monoisotopic (exact) mass is 459 g/mol. The lowest BCUT2D eigenvalue weighted by Crippen LogP contribution is -2.31. The van der Waals surface area contributed by atoms with Gasteiger partial charge in [-0.15, -0.1) is 0 Å². The van der Waals surface area contributed by atoms with Crippen LogP contribution in [-0.4, -0.2) is 17.9 Å². The maximum Gasteiger partial charge on any atom is 0.186 e. The fraction of sp³-hybridized carbons (Fsp3) is 0.176. The summed E-state index contributed by atoms with van der Waals surface area (Å²) in [6, 6.07) is 11.0. The summed E-state index contributed by atoms with van der Waals surface area (Å²) in [5, 5.41) is 8.69. The first kappa shape index (κ1) is 20.0. The van der Waals surface area contributed by atoms with Crippen molar-refractivity contribution in [2.24, 2.45) is 5.10 Å². The van der Waals surface area contributed by atoms with Gasteiger partial charge in [-0.2, -0.15) is 5.10 Å². The molecule has 25 heavy (non-hydrogen) atoms. The standard InChI is InChI=1S/C17H16BrCl2N3OS/c1-2-21-17(25)23-22-9-11-3-6-16(14(18)7-11)24-10-12-4-5-13(19)8-15(12)20/h3-9H,2,10H2,1H3,(H2,21,23,25)/b22-9-. The molecular formula is C17H16BrCl2N3OS. The van der Waals surface area contributed by atoms with Crippen molar-refractivity contribution in [3.8, 4) is 5.75 Å². The number of hydrazone groups is 1. The van der Waals surface area contributed by atoms with Crippen LogP contribution in [0.15, 0.2) is 46.0 Å². The zero-order valence-electron chi connectivity index (χ0n) is 13.4. The molecule has 0 aliphatic heterocycles. The highest BCUT2D eigenvalue weighted by Crippen LogP contribution is 2.28. The van der Waals surface area contributed by atoms with E-state index in [1.807, 2.05) is 31.2 Å². The van der Waals surface area contributed by atoms with Gasteiger partial charge in [0.25, 0.3) is 0 Å². The highest BCUT2D eigenvalue weighted by atomic mass is 79.9. The van der Waals surface area contributed by atoms with E-state index in [4.69, 9.17) is 40.2 Å². The van der Waals surface area contributed by atoms with Gasteiger partial charge in [0, 0.05) is 22.2 Å². The van der Waals surface area contributed by atoms with E-state index in [0.717, 1.165) is 22.1 Å². The van der Waals surface area contributed by atoms with Gasteiger partial charge in [0.15, 0.2) is 5.11 Å². The minimum Gasteiger partial charge on any atom is -0.488 e. The molecule has 0 spiro atoms. The van der Waals surface area contributed by atoms with Gasteiger partial charge in [-0.3, -0.25) is 5.43 Å².